The van der Waals surface area contributed by atoms with Crippen LogP contribution >= 0.6 is 0 Å². The van der Waals surface area contributed by atoms with Gasteiger partial charge in [0.15, 0.2) is 0 Å². The normalized spacial score (nSPS) is 23.9. The number of rotatable bonds is 4. The summed E-state index contributed by atoms with van der Waals surface area (Å²) >= 11 is 0. The molecule has 1 rings (SSSR count). The Hall–Kier alpha value is -0.610. The average Bonchev–Trinajstić information content (AvgIpc) is 2.60. The number of likely N-dealkylation sites (tertiary alicyclic amines) is 1. The van der Waals surface area contributed by atoms with Gasteiger partial charge in [-0.1, -0.05) is 6.92 Å². The van der Waals surface area contributed by atoms with Crippen molar-refractivity contribution in [2.75, 3.05) is 19.6 Å². The van der Waals surface area contributed by atoms with Crippen molar-refractivity contribution < 1.29 is 9.90 Å². The number of nitrogens with one attached hydrogen (secondary N) is 1. The van der Waals surface area contributed by atoms with Crippen molar-refractivity contribution in [1.29, 1.82) is 0 Å². The predicted octanol–water partition coefficient (Wildman–Crippen LogP) is -0.0323. The minimum Gasteiger partial charge on any atom is -0.391 e. The molecule has 4 nitrogen and oxygen atoms in total. The zero-order chi connectivity index (χ0) is 10.6. The molecule has 2 N–H and O–H groups in total. The summed E-state index contributed by atoms with van der Waals surface area (Å²) in [6.07, 6.45) is 1.42. The highest BCUT2D eigenvalue weighted by Gasteiger charge is 2.23. The molecule has 1 amide bonds. The second kappa shape index (κ2) is 5.32. The number of aliphatic hydroxyl groups excluding tert-OH is 1. The highest BCUT2D eigenvalue weighted by Crippen LogP contribution is 2.08. The lowest BCUT2D eigenvalue weighted by Gasteiger charge is -2.17. The molecule has 0 aromatic heterocycles. The molecule has 0 spiro atoms. The summed E-state index contributed by atoms with van der Waals surface area (Å²) in [5, 5.41) is 12.4. The molecular weight excluding hydrogens is 180 g/mol. The van der Waals surface area contributed by atoms with Gasteiger partial charge in [-0.3, -0.25) is 4.79 Å². The maximum absolute atomic E-state index is 11.6. The van der Waals surface area contributed by atoms with E-state index in [-0.39, 0.29) is 12.0 Å². The molecule has 1 aliphatic heterocycles. The van der Waals surface area contributed by atoms with Crippen molar-refractivity contribution in [3.63, 3.8) is 0 Å². The van der Waals surface area contributed by atoms with Crippen molar-refractivity contribution >= 4 is 5.91 Å². The van der Waals surface area contributed by atoms with Gasteiger partial charge in [-0.2, -0.15) is 0 Å². The monoisotopic (exact) mass is 200 g/mol. The molecule has 1 fully saturated rings. The van der Waals surface area contributed by atoms with E-state index in [0.717, 1.165) is 12.8 Å². The molecular formula is C10H20N2O2. The third kappa shape index (κ3) is 3.27. The fraction of sp³-hybridized carbons (Fsp3) is 0.900. The molecule has 0 radical (unpaired) electrons. The number of nitrogens with zero attached hydrogens (tertiary/aromatic N) is 1. The summed E-state index contributed by atoms with van der Waals surface area (Å²) in [6.45, 7) is 5.73. The van der Waals surface area contributed by atoms with Crippen LogP contribution in [0.1, 0.15) is 26.7 Å². The summed E-state index contributed by atoms with van der Waals surface area (Å²) in [4.78, 5) is 13.3. The lowest BCUT2D eigenvalue weighted by Crippen LogP contribution is -2.40. The Morgan fingerprint density at radius 1 is 1.71 bits per heavy atom. The van der Waals surface area contributed by atoms with Crippen LogP contribution in [0.3, 0.4) is 0 Å². The molecule has 1 aliphatic rings. The first-order valence-electron chi connectivity index (χ1n) is 5.32. The van der Waals surface area contributed by atoms with Gasteiger partial charge in [0.05, 0.1) is 12.6 Å². The van der Waals surface area contributed by atoms with Gasteiger partial charge in [-0.05, 0) is 19.8 Å². The van der Waals surface area contributed by atoms with E-state index in [1.165, 1.54) is 0 Å². The van der Waals surface area contributed by atoms with Gasteiger partial charge in [0.1, 0.15) is 0 Å². The lowest BCUT2D eigenvalue weighted by atomic mass is 10.2. The number of aliphatic hydroxyl groups is 1. The number of β-amino-alcohol motifs (C(OH)–C–C–N with tert-alkyl or cyclic N) is 1. The van der Waals surface area contributed by atoms with Crippen LogP contribution in [0.5, 0.6) is 0 Å². The first-order chi connectivity index (χ1) is 6.63. The van der Waals surface area contributed by atoms with Gasteiger partial charge in [-0.25, -0.2) is 0 Å². The molecule has 82 valence electrons. The fourth-order valence-corrected chi connectivity index (χ4v) is 1.49. The van der Waals surface area contributed by atoms with Crippen LogP contribution in [0.4, 0.5) is 0 Å². The van der Waals surface area contributed by atoms with Gasteiger partial charge in [0.25, 0.3) is 0 Å². The first-order valence-corrected chi connectivity index (χ1v) is 5.32. The van der Waals surface area contributed by atoms with Crippen LogP contribution in [-0.4, -0.2) is 47.7 Å². The van der Waals surface area contributed by atoms with E-state index >= 15 is 0 Å². The van der Waals surface area contributed by atoms with E-state index in [9.17, 15) is 9.90 Å². The maximum atomic E-state index is 11.6. The summed E-state index contributed by atoms with van der Waals surface area (Å²) in [5.41, 5.74) is 0. The van der Waals surface area contributed by atoms with Gasteiger partial charge in [0, 0.05) is 19.1 Å². The van der Waals surface area contributed by atoms with Crippen molar-refractivity contribution in [2.24, 2.45) is 0 Å². The van der Waals surface area contributed by atoms with Crippen molar-refractivity contribution in [2.45, 2.75) is 38.8 Å². The topological polar surface area (TPSA) is 52.6 Å². The fourth-order valence-electron chi connectivity index (χ4n) is 1.49. The molecule has 0 aliphatic carbocycles. The smallest absolute Gasteiger partial charge is 0.236 e. The van der Waals surface area contributed by atoms with Crippen LogP contribution in [0.25, 0.3) is 0 Å². The van der Waals surface area contributed by atoms with Gasteiger partial charge < -0.3 is 15.3 Å². The SMILES string of the molecule is CCC(C)NCC(=O)N1CC[C@H](O)C1. The Bertz CT molecular complexity index is 197. The Morgan fingerprint density at radius 3 is 2.93 bits per heavy atom. The van der Waals surface area contributed by atoms with Crippen LogP contribution in [0, 0.1) is 0 Å². The number of amides is 1. The van der Waals surface area contributed by atoms with Crippen LogP contribution < -0.4 is 5.32 Å². The van der Waals surface area contributed by atoms with Gasteiger partial charge in [-0.15, -0.1) is 0 Å². The summed E-state index contributed by atoms with van der Waals surface area (Å²) < 4.78 is 0. The zero-order valence-electron chi connectivity index (χ0n) is 8.99. The van der Waals surface area contributed by atoms with E-state index in [1.807, 2.05) is 0 Å². The largest absolute Gasteiger partial charge is 0.391 e. The standard InChI is InChI=1S/C10H20N2O2/c1-3-8(2)11-6-10(14)12-5-4-9(13)7-12/h8-9,11,13H,3-7H2,1-2H3/t8?,9-/m0/s1. The molecule has 0 aromatic carbocycles. The van der Waals surface area contributed by atoms with Gasteiger partial charge >= 0.3 is 0 Å². The van der Waals surface area contributed by atoms with Crippen LogP contribution in [0.15, 0.2) is 0 Å². The average molecular weight is 200 g/mol. The number of carbonyl (C=O) groups is 1. The van der Waals surface area contributed by atoms with E-state index < -0.39 is 0 Å². The molecule has 2 atom stereocenters. The molecule has 0 aromatic rings. The van der Waals surface area contributed by atoms with Crippen LogP contribution in [-0.2, 0) is 4.79 Å². The Morgan fingerprint density at radius 2 is 2.43 bits per heavy atom. The number of hydrogen-bond acceptors (Lipinski definition) is 3. The maximum Gasteiger partial charge on any atom is 0.236 e. The minimum absolute atomic E-state index is 0.0989. The van der Waals surface area contributed by atoms with Crippen LogP contribution in [0.2, 0.25) is 0 Å². The Kier molecular flexibility index (Phi) is 4.35. The summed E-state index contributed by atoms with van der Waals surface area (Å²) in [7, 11) is 0. The first kappa shape index (κ1) is 11.5. The van der Waals surface area contributed by atoms with E-state index in [4.69, 9.17) is 0 Å². The highest BCUT2D eigenvalue weighted by molar-refractivity contribution is 5.78. The van der Waals surface area contributed by atoms with E-state index in [1.54, 1.807) is 4.90 Å². The third-order valence-corrected chi connectivity index (χ3v) is 2.73. The Balaban J connectivity index is 2.22. The molecule has 0 bridgehead atoms. The summed E-state index contributed by atoms with van der Waals surface area (Å²) in [6, 6.07) is 0.381. The second-order valence-corrected chi connectivity index (χ2v) is 3.97. The molecule has 4 heteroatoms. The molecule has 1 heterocycles. The predicted molar refractivity (Wildman–Crippen MR) is 55.0 cm³/mol. The molecule has 1 saturated heterocycles. The third-order valence-electron chi connectivity index (χ3n) is 2.73. The van der Waals surface area contributed by atoms with E-state index in [2.05, 4.69) is 19.2 Å². The Labute approximate surface area is 85.3 Å². The lowest BCUT2D eigenvalue weighted by molar-refractivity contribution is -0.129. The highest BCUT2D eigenvalue weighted by atomic mass is 16.3. The zero-order valence-corrected chi connectivity index (χ0v) is 8.99. The minimum atomic E-state index is -0.317. The molecule has 0 saturated carbocycles. The van der Waals surface area contributed by atoms with Gasteiger partial charge in [0.2, 0.25) is 5.91 Å². The van der Waals surface area contributed by atoms with E-state index in [0.29, 0.717) is 25.7 Å². The van der Waals surface area contributed by atoms with Crippen molar-refractivity contribution in [3.8, 4) is 0 Å². The molecule has 1 unspecified atom stereocenters. The second-order valence-electron chi connectivity index (χ2n) is 3.97. The summed E-state index contributed by atoms with van der Waals surface area (Å²) in [5.74, 6) is 0.0989. The molecule has 14 heavy (non-hydrogen) atoms. The quantitative estimate of drug-likeness (QED) is 0.670. The van der Waals surface area contributed by atoms with Crippen molar-refractivity contribution in [1.82, 2.24) is 10.2 Å². The number of carbonyl (C=O) groups excluding carboxylic acids is 1. The van der Waals surface area contributed by atoms with Crippen molar-refractivity contribution in [3.05, 3.63) is 0 Å². The number of hydrogen-bond donors (Lipinski definition) is 2.